The van der Waals surface area contributed by atoms with Crippen molar-refractivity contribution in [3.05, 3.63) is 216 Å². The van der Waals surface area contributed by atoms with Crippen LogP contribution in [0.15, 0.2) is 194 Å². The van der Waals surface area contributed by atoms with E-state index in [0.29, 0.717) is 28.1 Å². The largest absolute Gasteiger partial charge is 0.310 e. The first kappa shape index (κ1) is 38.6. The van der Waals surface area contributed by atoms with Gasteiger partial charge in [0.05, 0.1) is 69.0 Å². The quantitative estimate of drug-likeness (QED) is 0.149. The van der Waals surface area contributed by atoms with Gasteiger partial charge in [-0.15, -0.1) is 0 Å². The number of anilines is 3. The lowest BCUT2D eigenvalue weighted by molar-refractivity contribution is 1.18. The molecular weight excluding hydrogens is 785 g/mol. The average Bonchev–Trinajstić information content (AvgIpc) is 3.70. The zero-order chi connectivity index (χ0) is 43.6. The molecule has 0 bridgehead atoms. The summed E-state index contributed by atoms with van der Waals surface area (Å²) in [6.07, 6.45) is 0. The van der Waals surface area contributed by atoms with Gasteiger partial charge >= 0.3 is 0 Å². The van der Waals surface area contributed by atoms with Gasteiger partial charge in [-0.25, -0.2) is 9.97 Å². The van der Waals surface area contributed by atoms with Crippen LogP contribution in [-0.2, 0) is 0 Å². The zero-order valence-corrected chi connectivity index (χ0v) is 34.1. The standard InChI is InChI=1S/C56H32N8/c57-33-37-5-13-43(14-6-37)52-32-53(62-56(61-52)45-15-7-38(34-58)8-16-45)44-19-17-41(18-20-44)42-21-27-48(28-22-42)64-54-4-2-1-3-50(54)51-31-49(29-30-55(51)64)63(46-23-9-39(35-59)10-24-46)47-25-11-40(36-60)12-26-47/h1-32H. The highest BCUT2D eigenvalue weighted by Gasteiger charge is 2.18. The van der Waals surface area contributed by atoms with Crippen LogP contribution in [0.3, 0.4) is 0 Å². The van der Waals surface area contributed by atoms with Crippen LogP contribution in [0.2, 0.25) is 0 Å². The summed E-state index contributed by atoms with van der Waals surface area (Å²) >= 11 is 0. The number of nitriles is 4. The zero-order valence-electron chi connectivity index (χ0n) is 34.1. The van der Waals surface area contributed by atoms with E-state index in [1.165, 1.54) is 0 Å². The maximum Gasteiger partial charge on any atom is 0.160 e. The van der Waals surface area contributed by atoms with E-state index in [-0.39, 0.29) is 0 Å². The highest BCUT2D eigenvalue weighted by Crippen LogP contribution is 2.40. The molecular formula is C56H32N8. The fraction of sp³-hybridized carbons (Fsp3) is 0. The summed E-state index contributed by atoms with van der Waals surface area (Å²) in [5.41, 5.74) is 14.4. The first-order valence-corrected chi connectivity index (χ1v) is 20.5. The second-order valence-electron chi connectivity index (χ2n) is 15.2. The second kappa shape index (κ2) is 16.5. The van der Waals surface area contributed by atoms with Gasteiger partial charge in [-0.2, -0.15) is 21.0 Å². The highest BCUT2D eigenvalue weighted by atomic mass is 15.1. The van der Waals surface area contributed by atoms with Crippen LogP contribution >= 0.6 is 0 Å². The molecule has 10 aromatic rings. The maximum atomic E-state index is 9.48. The number of aromatic nitrogens is 3. The molecule has 0 fully saturated rings. The third-order valence-corrected chi connectivity index (χ3v) is 11.4. The lowest BCUT2D eigenvalue weighted by Crippen LogP contribution is -2.10. The monoisotopic (exact) mass is 816 g/mol. The van der Waals surface area contributed by atoms with E-state index >= 15 is 0 Å². The molecule has 0 aliphatic rings. The summed E-state index contributed by atoms with van der Waals surface area (Å²) in [6.45, 7) is 0. The van der Waals surface area contributed by atoms with Gasteiger partial charge in [-0.3, -0.25) is 0 Å². The van der Waals surface area contributed by atoms with Gasteiger partial charge in [0.1, 0.15) is 0 Å². The van der Waals surface area contributed by atoms with Crippen LogP contribution in [0, 0.1) is 45.3 Å². The van der Waals surface area contributed by atoms with Gasteiger partial charge in [0.15, 0.2) is 5.82 Å². The van der Waals surface area contributed by atoms with Crippen molar-refractivity contribution in [1.29, 1.82) is 21.0 Å². The Hall–Kier alpha value is -9.60. The number of hydrogen-bond acceptors (Lipinski definition) is 7. The summed E-state index contributed by atoms with van der Waals surface area (Å²) in [7, 11) is 0. The minimum atomic E-state index is 0.539. The fourth-order valence-corrected chi connectivity index (χ4v) is 8.11. The SMILES string of the molecule is N#Cc1ccc(-c2cc(-c3ccc(-c4ccc(-n5c6ccccc6c6cc(N(c7ccc(C#N)cc7)c7ccc(C#N)cc7)ccc65)cc4)cc3)nc(-c3ccc(C#N)cc3)n2)cc1. The van der Waals surface area contributed by atoms with Gasteiger partial charge in [0, 0.05) is 50.2 Å². The summed E-state index contributed by atoms with van der Waals surface area (Å²) in [5, 5.41) is 39.9. The van der Waals surface area contributed by atoms with E-state index in [1.807, 2.05) is 78.9 Å². The molecule has 8 heteroatoms. The van der Waals surface area contributed by atoms with Crippen LogP contribution in [0.25, 0.3) is 72.5 Å². The molecule has 10 rings (SSSR count). The van der Waals surface area contributed by atoms with E-state index in [0.717, 1.165) is 83.8 Å². The molecule has 0 unspecified atom stereocenters. The van der Waals surface area contributed by atoms with E-state index in [9.17, 15) is 21.0 Å². The molecule has 0 radical (unpaired) electrons. The van der Waals surface area contributed by atoms with Crippen molar-refractivity contribution in [3.8, 4) is 75.0 Å². The number of nitrogens with zero attached hydrogens (tertiary/aromatic N) is 8. The Morgan fingerprint density at radius 1 is 0.359 bits per heavy atom. The first-order valence-electron chi connectivity index (χ1n) is 20.5. The minimum Gasteiger partial charge on any atom is -0.310 e. The normalized spacial score (nSPS) is 10.8. The molecule has 0 saturated carbocycles. The number of benzene rings is 8. The van der Waals surface area contributed by atoms with E-state index in [1.54, 1.807) is 24.3 Å². The molecule has 8 nitrogen and oxygen atoms in total. The Labute approximate surface area is 369 Å². The molecule has 2 aromatic heterocycles. The van der Waals surface area contributed by atoms with Crippen molar-refractivity contribution in [3.63, 3.8) is 0 Å². The summed E-state index contributed by atoms with van der Waals surface area (Å²) < 4.78 is 2.29. The van der Waals surface area contributed by atoms with Crippen LogP contribution in [-0.4, -0.2) is 14.5 Å². The molecule has 2 heterocycles. The number of para-hydroxylation sites is 1. The molecule has 0 spiro atoms. The summed E-state index contributed by atoms with van der Waals surface area (Å²) in [5.74, 6) is 0.539. The molecule has 0 amide bonds. The van der Waals surface area contributed by atoms with E-state index in [4.69, 9.17) is 9.97 Å². The Bertz CT molecular complexity index is 3410. The molecule has 0 N–H and O–H groups in total. The first-order chi connectivity index (χ1) is 31.5. The van der Waals surface area contributed by atoms with Gasteiger partial charge < -0.3 is 9.47 Å². The van der Waals surface area contributed by atoms with E-state index in [2.05, 4.69) is 125 Å². The molecule has 0 atom stereocenters. The number of fused-ring (bicyclic) bond motifs is 3. The molecule has 8 aromatic carbocycles. The van der Waals surface area contributed by atoms with Crippen LogP contribution in [0.1, 0.15) is 22.3 Å². The van der Waals surface area contributed by atoms with Crippen molar-refractivity contribution in [2.24, 2.45) is 0 Å². The molecule has 0 aliphatic heterocycles. The second-order valence-corrected chi connectivity index (χ2v) is 15.2. The smallest absolute Gasteiger partial charge is 0.160 e. The Morgan fingerprint density at radius 3 is 1.28 bits per heavy atom. The van der Waals surface area contributed by atoms with Gasteiger partial charge in [-0.05, 0) is 139 Å². The van der Waals surface area contributed by atoms with Crippen molar-refractivity contribution >= 4 is 38.9 Å². The molecule has 0 saturated heterocycles. The number of rotatable bonds is 8. The van der Waals surface area contributed by atoms with E-state index < -0.39 is 0 Å². The minimum absolute atomic E-state index is 0.539. The third kappa shape index (κ3) is 7.23. The predicted octanol–water partition coefficient (Wildman–Crippen LogP) is 13.2. The highest BCUT2D eigenvalue weighted by molar-refractivity contribution is 6.10. The van der Waals surface area contributed by atoms with Crippen molar-refractivity contribution in [2.45, 2.75) is 0 Å². The van der Waals surface area contributed by atoms with Gasteiger partial charge in [-0.1, -0.05) is 66.7 Å². The Morgan fingerprint density at radius 2 is 0.766 bits per heavy atom. The maximum absolute atomic E-state index is 9.48. The molecule has 0 aliphatic carbocycles. The van der Waals surface area contributed by atoms with Gasteiger partial charge in [0.2, 0.25) is 0 Å². The molecule has 296 valence electrons. The van der Waals surface area contributed by atoms with Gasteiger partial charge in [0.25, 0.3) is 0 Å². The van der Waals surface area contributed by atoms with Crippen LogP contribution < -0.4 is 4.90 Å². The molecule has 64 heavy (non-hydrogen) atoms. The van der Waals surface area contributed by atoms with Crippen molar-refractivity contribution in [2.75, 3.05) is 4.90 Å². The Kier molecular flexibility index (Phi) is 9.92. The lowest BCUT2D eigenvalue weighted by atomic mass is 10.0. The topological polar surface area (TPSA) is 129 Å². The van der Waals surface area contributed by atoms with Crippen molar-refractivity contribution in [1.82, 2.24) is 14.5 Å². The summed E-state index contributed by atoms with van der Waals surface area (Å²) in [4.78, 5) is 12.0. The van der Waals surface area contributed by atoms with Crippen LogP contribution in [0.4, 0.5) is 17.1 Å². The lowest BCUT2D eigenvalue weighted by Gasteiger charge is -2.25. The average molecular weight is 817 g/mol. The third-order valence-electron chi connectivity index (χ3n) is 11.4. The predicted molar refractivity (Wildman–Crippen MR) is 252 cm³/mol. The Balaban J connectivity index is 0.987. The fourth-order valence-electron chi connectivity index (χ4n) is 8.11. The number of hydrogen-bond donors (Lipinski definition) is 0. The summed E-state index contributed by atoms with van der Waals surface area (Å²) in [6, 6.07) is 72.2. The van der Waals surface area contributed by atoms with Crippen molar-refractivity contribution < 1.29 is 0 Å². The van der Waals surface area contributed by atoms with Crippen LogP contribution in [0.5, 0.6) is 0 Å².